The largest absolute Gasteiger partial charge is 0.349 e. The Morgan fingerprint density at radius 2 is 1.90 bits per heavy atom. The molecule has 0 aliphatic carbocycles. The number of aryl methyl sites for hydroxylation is 1. The van der Waals surface area contributed by atoms with Gasteiger partial charge in [-0.05, 0) is 43.2 Å². The smallest absolute Gasteiger partial charge is 0.230 e. The number of carbonyl (C=O) groups excluding carboxylic acids is 1. The third kappa shape index (κ3) is 4.46. The minimum Gasteiger partial charge on any atom is -0.349 e. The summed E-state index contributed by atoms with van der Waals surface area (Å²) < 4.78 is 3.96. The van der Waals surface area contributed by atoms with Crippen LogP contribution >= 0.6 is 11.8 Å². The number of amides is 1. The monoisotopic (exact) mass is 417 g/mol. The van der Waals surface area contributed by atoms with E-state index in [4.69, 9.17) is 0 Å². The molecule has 1 atom stereocenters. The Labute approximate surface area is 180 Å². The molecule has 7 heteroatoms. The number of nitrogens with one attached hydrogen (secondary N) is 1. The maximum Gasteiger partial charge on any atom is 0.230 e. The van der Waals surface area contributed by atoms with Crippen LogP contribution in [-0.2, 0) is 4.79 Å². The molecule has 0 unspecified atom stereocenters. The van der Waals surface area contributed by atoms with Crippen LogP contribution in [0.25, 0.3) is 11.4 Å². The van der Waals surface area contributed by atoms with E-state index in [0.717, 1.165) is 27.7 Å². The van der Waals surface area contributed by atoms with Crippen molar-refractivity contribution in [2.45, 2.75) is 25.0 Å². The van der Waals surface area contributed by atoms with Crippen molar-refractivity contribution in [2.75, 3.05) is 5.75 Å². The molecule has 0 spiro atoms. The standard InChI is InChI=1S/C23H23N5OS/c1-17-5-3-4-6-21(17)28-14-12-25-23(28)30-15-22(29)26-18(2)19-7-9-20(10-8-19)27-13-11-24-16-27/h3-14,16,18H,15H2,1-2H3,(H,26,29)/t18-/m0/s1. The summed E-state index contributed by atoms with van der Waals surface area (Å²) in [5.41, 5.74) is 4.32. The number of benzene rings is 2. The predicted molar refractivity (Wildman–Crippen MR) is 119 cm³/mol. The van der Waals surface area contributed by atoms with Gasteiger partial charge in [0.15, 0.2) is 5.16 Å². The minimum atomic E-state index is -0.0777. The van der Waals surface area contributed by atoms with Crippen LogP contribution in [-0.4, -0.2) is 30.8 Å². The number of para-hydroxylation sites is 1. The second-order valence-corrected chi connectivity index (χ2v) is 7.95. The molecular formula is C23H23N5OS. The van der Waals surface area contributed by atoms with E-state index >= 15 is 0 Å². The number of nitrogens with zero attached hydrogens (tertiary/aromatic N) is 4. The van der Waals surface area contributed by atoms with Crippen LogP contribution in [0.15, 0.2) is 84.8 Å². The number of aromatic nitrogens is 4. The predicted octanol–water partition coefficient (Wildman–Crippen LogP) is 4.34. The van der Waals surface area contributed by atoms with E-state index < -0.39 is 0 Å². The summed E-state index contributed by atoms with van der Waals surface area (Å²) in [5.74, 6) is 0.283. The van der Waals surface area contributed by atoms with E-state index in [1.54, 1.807) is 18.7 Å². The average molecular weight is 418 g/mol. The SMILES string of the molecule is Cc1ccccc1-n1ccnc1SCC(=O)N[C@@H](C)c1ccc(-n2ccnc2)cc1. The topological polar surface area (TPSA) is 64.7 Å². The zero-order valence-corrected chi connectivity index (χ0v) is 17.7. The zero-order valence-electron chi connectivity index (χ0n) is 16.9. The van der Waals surface area contributed by atoms with Gasteiger partial charge in [-0.3, -0.25) is 9.36 Å². The molecule has 2 aromatic carbocycles. The Morgan fingerprint density at radius 1 is 1.10 bits per heavy atom. The van der Waals surface area contributed by atoms with E-state index in [0.29, 0.717) is 5.75 Å². The molecular weight excluding hydrogens is 394 g/mol. The summed E-state index contributed by atoms with van der Waals surface area (Å²) in [6, 6.07) is 16.2. The number of thioether (sulfide) groups is 1. The molecule has 0 aliphatic heterocycles. The maximum absolute atomic E-state index is 12.5. The lowest BCUT2D eigenvalue weighted by molar-refractivity contribution is -0.119. The van der Waals surface area contributed by atoms with Crippen LogP contribution in [0.1, 0.15) is 24.1 Å². The molecule has 4 aromatic rings. The fourth-order valence-corrected chi connectivity index (χ4v) is 4.03. The highest BCUT2D eigenvalue weighted by atomic mass is 32.2. The number of imidazole rings is 2. The van der Waals surface area contributed by atoms with Crippen molar-refractivity contribution in [2.24, 2.45) is 0 Å². The van der Waals surface area contributed by atoms with Crippen molar-refractivity contribution in [1.82, 2.24) is 24.4 Å². The van der Waals surface area contributed by atoms with Gasteiger partial charge in [0.05, 0.1) is 23.8 Å². The van der Waals surface area contributed by atoms with Crippen molar-refractivity contribution in [3.8, 4) is 11.4 Å². The summed E-state index contributed by atoms with van der Waals surface area (Å²) >= 11 is 1.43. The van der Waals surface area contributed by atoms with Gasteiger partial charge in [-0.15, -0.1) is 0 Å². The number of hydrogen-bond acceptors (Lipinski definition) is 4. The highest BCUT2D eigenvalue weighted by Crippen LogP contribution is 2.23. The van der Waals surface area contributed by atoms with Crippen LogP contribution in [0.2, 0.25) is 0 Å². The lowest BCUT2D eigenvalue weighted by atomic mass is 10.1. The first-order chi connectivity index (χ1) is 14.6. The summed E-state index contributed by atoms with van der Waals surface area (Å²) in [6.45, 7) is 4.05. The van der Waals surface area contributed by atoms with E-state index in [1.165, 1.54) is 11.8 Å². The summed E-state index contributed by atoms with van der Waals surface area (Å²) in [6.07, 6.45) is 9.10. The molecule has 0 aliphatic rings. The van der Waals surface area contributed by atoms with Crippen LogP contribution in [0.5, 0.6) is 0 Å². The second-order valence-electron chi connectivity index (χ2n) is 7.01. The highest BCUT2D eigenvalue weighted by Gasteiger charge is 2.13. The van der Waals surface area contributed by atoms with Crippen molar-refractivity contribution in [1.29, 1.82) is 0 Å². The van der Waals surface area contributed by atoms with Crippen molar-refractivity contribution in [3.05, 3.63) is 90.8 Å². The fraction of sp³-hybridized carbons (Fsp3) is 0.174. The third-order valence-electron chi connectivity index (χ3n) is 4.89. The summed E-state index contributed by atoms with van der Waals surface area (Å²) in [4.78, 5) is 21.0. The van der Waals surface area contributed by atoms with E-state index in [-0.39, 0.29) is 11.9 Å². The van der Waals surface area contributed by atoms with Crippen molar-refractivity contribution < 1.29 is 4.79 Å². The Bertz CT molecular complexity index is 1120. The van der Waals surface area contributed by atoms with Gasteiger partial charge in [-0.25, -0.2) is 9.97 Å². The van der Waals surface area contributed by atoms with Gasteiger partial charge in [-0.1, -0.05) is 42.1 Å². The van der Waals surface area contributed by atoms with Gasteiger partial charge < -0.3 is 9.88 Å². The van der Waals surface area contributed by atoms with E-state index in [1.807, 2.05) is 64.8 Å². The maximum atomic E-state index is 12.5. The van der Waals surface area contributed by atoms with Gasteiger partial charge >= 0.3 is 0 Å². The average Bonchev–Trinajstić information content (AvgIpc) is 3.45. The van der Waals surface area contributed by atoms with Gasteiger partial charge in [-0.2, -0.15) is 0 Å². The first kappa shape index (κ1) is 20.0. The third-order valence-corrected chi connectivity index (χ3v) is 5.85. The fourth-order valence-electron chi connectivity index (χ4n) is 3.26. The molecule has 1 amide bonds. The van der Waals surface area contributed by atoms with E-state index in [9.17, 15) is 4.79 Å². The molecule has 4 rings (SSSR count). The highest BCUT2D eigenvalue weighted by molar-refractivity contribution is 7.99. The molecule has 0 bridgehead atoms. The quantitative estimate of drug-likeness (QED) is 0.455. The molecule has 30 heavy (non-hydrogen) atoms. The van der Waals surface area contributed by atoms with Crippen LogP contribution in [0.4, 0.5) is 0 Å². The molecule has 0 radical (unpaired) electrons. The molecule has 0 fully saturated rings. The van der Waals surface area contributed by atoms with Crippen molar-refractivity contribution in [3.63, 3.8) is 0 Å². The Hall–Kier alpha value is -3.32. The zero-order chi connectivity index (χ0) is 20.9. The number of carbonyl (C=O) groups is 1. The molecule has 0 saturated heterocycles. The summed E-state index contributed by atoms with van der Waals surface area (Å²) in [5, 5.41) is 3.87. The number of rotatable bonds is 7. The first-order valence-electron chi connectivity index (χ1n) is 9.71. The van der Waals surface area contributed by atoms with Crippen molar-refractivity contribution >= 4 is 17.7 Å². The summed E-state index contributed by atoms with van der Waals surface area (Å²) in [7, 11) is 0. The molecule has 0 saturated carbocycles. The molecule has 1 N–H and O–H groups in total. The molecule has 2 aromatic heterocycles. The first-order valence-corrected chi connectivity index (χ1v) is 10.7. The van der Waals surface area contributed by atoms with Gasteiger partial charge in [0.2, 0.25) is 5.91 Å². The molecule has 152 valence electrons. The number of hydrogen-bond donors (Lipinski definition) is 1. The minimum absolute atomic E-state index is 0.0227. The molecule has 6 nitrogen and oxygen atoms in total. The second kappa shape index (κ2) is 9.00. The van der Waals surface area contributed by atoms with Gasteiger partial charge in [0.25, 0.3) is 0 Å². The van der Waals surface area contributed by atoms with Crippen LogP contribution < -0.4 is 5.32 Å². The Balaban J connectivity index is 1.35. The molecule has 2 heterocycles. The Kier molecular flexibility index (Phi) is 5.99. The Morgan fingerprint density at radius 3 is 2.63 bits per heavy atom. The normalized spacial score (nSPS) is 11.9. The van der Waals surface area contributed by atoms with Crippen LogP contribution in [0, 0.1) is 6.92 Å². The van der Waals surface area contributed by atoms with Gasteiger partial charge in [0.1, 0.15) is 0 Å². The lowest BCUT2D eigenvalue weighted by Gasteiger charge is -2.15. The van der Waals surface area contributed by atoms with E-state index in [2.05, 4.69) is 34.3 Å². The van der Waals surface area contributed by atoms with Crippen LogP contribution in [0.3, 0.4) is 0 Å². The van der Waals surface area contributed by atoms with Gasteiger partial charge in [0, 0.05) is 30.5 Å². The lowest BCUT2D eigenvalue weighted by Crippen LogP contribution is -2.28.